The van der Waals surface area contributed by atoms with Gasteiger partial charge in [0.15, 0.2) is 5.78 Å². The topological polar surface area (TPSA) is 57.0 Å². The third-order valence-electron chi connectivity index (χ3n) is 2.30. The number of ketones is 1. The number of rotatable bonds is 5. The fourth-order valence-corrected chi connectivity index (χ4v) is 1.39. The number of nitrogens with zero attached hydrogens (tertiary/aromatic N) is 3. The van der Waals surface area contributed by atoms with E-state index in [0.29, 0.717) is 11.6 Å². The van der Waals surface area contributed by atoms with E-state index < -0.39 is 0 Å². The Morgan fingerprint density at radius 1 is 1.35 bits per heavy atom. The molecule has 0 atom stereocenters. The van der Waals surface area contributed by atoms with Gasteiger partial charge in [0.05, 0.1) is 6.42 Å². The van der Waals surface area contributed by atoms with Gasteiger partial charge in [0.1, 0.15) is 24.5 Å². The Balaban J connectivity index is 1.85. The molecule has 1 aromatic heterocycles. The summed E-state index contributed by atoms with van der Waals surface area (Å²) in [6.07, 6.45) is 1.67. The van der Waals surface area contributed by atoms with Crippen LogP contribution in [0.5, 0.6) is 5.75 Å². The quantitative estimate of drug-likeness (QED) is 0.770. The SMILES string of the molecule is Cn1ncnc1CC(=O)COc1ccccc1. The van der Waals surface area contributed by atoms with Gasteiger partial charge in [0.2, 0.25) is 0 Å². The minimum atomic E-state index is -0.0232. The van der Waals surface area contributed by atoms with Crippen LogP contribution in [0.1, 0.15) is 5.82 Å². The van der Waals surface area contributed by atoms with Gasteiger partial charge in [0.25, 0.3) is 0 Å². The van der Waals surface area contributed by atoms with Crippen LogP contribution in [0.4, 0.5) is 0 Å². The van der Waals surface area contributed by atoms with Crippen LogP contribution < -0.4 is 4.74 Å². The Morgan fingerprint density at radius 3 is 2.76 bits per heavy atom. The van der Waals surface area contributed by atoms with E-state index in [-0.39, 0.29) is 18.8 Å². The fraction of sp³-hybridized carbons (Fsp3) is 0.250. The normalized spacial score (nSPS) is 10.2. The number of benzene rings is 1. The zero-order valence-electron chi connectivity index (χ0n) is 9.54. The highest BCUT2D eigenvalue weighted by Crippen LogP contribution is 2.08. The van der Waals surface area contributed by atoms with Gasteiger partial charge in [0, 0.05) is 7.05 Å². The van der Waals surface area contributed by atoms with Crippen LogP contribution in [-0.2, 0) is 18.3 Å². The van der Waals surface area contributed by atoms with Gasteiger partial charge in [-0.15, -0.1) is 0 Å². The standard InChI is InChI=1S/C12H13N3O2/c1-15-12(13-9-14-15)7-10(16)8-17-11-5-3-2-4-6-11/h2-6,9H,7-8H2,1H3. The lowest BCUT2D eigenvalue weighted by atomic mass is 10.3. The van der Waals surface area contributed by atoms with E-state index in [2.05, 4.69) is 10.1 Å². The Hall–Kier alpha value is -2.17. The molecule has 0 spiro atoms. The lowest BCUT2D eigenvalue weighted by Crippen LogP contribution is -2.16. The number of carbonyl (C=O) groups is 1. The summed E-state index contributed by atoms with van der Waals surface area (Å²) < 4.78 is 6.93. The summed E-state index contributed by atoms with van der Waals surface area (Å²) in [6.45, 7) is 0.0525. The molecule has 0 saturated heterocycles. The highest BCUT2D eigenvalue weighted by molar-refractivity contribution is 5.81. The number of hydrogen-bond acceptors (Lipinski definition) is 4. The molecule has 0 N–H and O–H groups in total. The van der Waals surface area contributed by atoms with Gasteiger partial charge in [-0.25, -0.2) is 4.98 Å². The number of Topliss-reactive ketones (excluding diaryl/α,β-unsaturated/α-hetero) is 1. The Kier molecular flexibility index (Phi) is 3.49. The first-order chi connectivity index (χ1) is 8.25. The molecule has 0 amide bonds. The number of aryl methyl sites for hydroxylation is 1. The minimum Gasteiger partial charge on any atom is -0.486 e. The zero-order chi connectivity index (χ0) is 12.1. The summed E-state index contributed by atoms with van der Waals surface area (Å²) in [4.78, 5) is 15.6. The van der Waals surface area contributed by atoms with Crippen molar-refractivity contribution in [1.82, 2.24) is 14.8 Å². The molecule has 0 aliphatic heterocycles. The van der Waals surface area contributed by atoms with Gasteiger partial charge in [-0.05, 0) is 12.1 Å². The van der Waals surface area contributed by atoms with E-state index in [4.69, 9.17) is 4.74 Å². The van der Waals surface area contributed by atoms with Gasteiger partial charge < -0.3 is 4.74 Å². The predicted molar refractivity (Wildman–Crippen MR) is 61.7 cm³/mol. The van der Waals surface area contributed by atoms with Crippen molar-refractivity contribution in [3.63, 3.8) is 0 Å². The lowest BCUT2D eigenvalue weighted by molar-refractivity contribution is -0.120. The molecule has 0 aliphatic carbocycles. The van der Waals surface area contributed by atoms with Crippen molar-refractivity contribution in [2.75, 3.05) is 6.61 Å². The molecule has 0 saturated carbocycles. The number of para-hydroxylation sites is 1. The van der Waals surface area contributed by atoms with Crippen molar-refractivity contribution in [3.05, 3.63) is 42.5 Å². The summed E-state index contributed by atoms with van der Waals surface area (Å²) in [7, 11) is 1.76. The number of aromatic nitrogens is 3. The highest BCUT2D eigenvalue weighted by Gasteiger charge is 2.08. The Labute approximate surface area is 99.1 Å². The van der Waals surface area contributed by atoms with Crippen LogP contribution in [0.2, 0.25) is 0 Å². The van der Waals surface area contributed by atoms with E-state index >= 15 is 0 Å². The van der Waals surface area contributed by atoms with Crippen LogP contribution >= 0.6 is 0 Å². The molecule has 5 heteroatoms. The summed E-state index contributed by atoms with van der Waals surface area (Å²) >= 11 is 0. The molecule has 0 radical (unpaired) electrons. The summed E-state index contributed by atoms with van der Waals surface area (Å²) in [5.41, 5.74) is 0. The number of carbonyl (C=O) groups excluding carboxylic acids is 1. The van der Waals surface area contributed by atoms with Crippen LogP contribution in [0.25, 0.3) is 0 Å². The van der Waals surface area contributed by atoms with E-state index in [9.17, 15) is 4.79 Å². The average Bonchev–Trinajstić information content (AvgIpc) is 2.74. The molecule has 17 heavy (non-hydrogen) atoms. The van der Waals surface area contributed by atoms with Crippen LogP contribution in [0, 0.1) is 0 Å². The van der Waals surface area contributed by atoms with E-state index in [1.54, 1.807) is 11.7 Å². The van der Waals surface area contributed by atoms with Crippen molar-refractivity contribution >= 4 is 5.78 Å². The van der Waals surface area contributed by atoms with Gasteiger partial charge in [-0.1, -0.05) is 18.2 Å². The fourth-order valence-electron chi connectivity index (χ4n) is 1.39. The summed E-state index contributed by atoms with van der Waals surface area (Å²) in [5.74, 6) is 1.32. The maximum atomic E-state index is 11.6. The first-order valence-corrected chi connectivity index (χ1v) is 5.28. The van der Waals surface area contributed by atoms with E-state index in [0.717, 1.165) is 0 Å². The predicted octanol–water partition coefficient (Wildman–Crippen LogP) is 1.01. The molecule has 0 bridgehead atoms. The molecule has 2 rings (SSSR count). The van der Waals surface area contributed by atoms with Gasteiger partial charge in [-0.3, -0.25) is 9.48 Å². The Bertz CT molecular complexity index is 493. The minimum absolute atomic E-state index is 0.0232. The lowest BCUT2D eigenvalue weighted by Gasteiger charge is -2.04. The van der Waals surface area contributed by atoms with Crippen molar-refractivity contribution in [1.29, 1.82) is 0 Å². The third-order valence-corrected chi connectivity index (χ3v) is 2.30. The molecule has 0 fully saturated rings. The molecule has 5 nitrogen and oxygen atoms in total. The molecular formula is C12H13N3O2. The third kappa shape index (κ3) is 3.14. The second kappa shape index (κ2) is 5.25. The molecule has 0 aliphatic rings. The Morgan fingerprint density at radius 2 is 2.12 bits per heavy atom. The largest absolute Gasteiger partial charge is 0.486 e. The molecule has 0 unspecified atom stereocenters. The molecule has 88 valence electrons. The monoisotopic (exact) mass is 231 g/mol. The highest BCUT2D eigenvalue weighted by atomic mass is 16.5. The van der Waals surface area contributed by atoms with E-state index in [1.165, 1.54) is 6.33 Å². The van der Waals surface area contributed by atoms with Gasteiger partial charge in [-0.2, -0.15) is 5.10 Å². The second-order valence-corrected chi connectivity index (χ2v) is 3.62. The van der Waals surface area contributed by atoms with Crippen LogP contribution in [0.3, 0.4) is 0 Å². The first kappa shape index (κ1) is 11.3. The second-order valence-electron chi connectivity index (χ2n) is 3.62. The van der Waals surface area contributed by atoms with E-state index in [1.807, 2.05) is 30.3 Å². The molecular weight excluding hydrogens is 218 g/mol. The molecule has 1 heterocycles. The van der Waals surface area contributed by atoms with Gasteiger partial charge >= 0.3 is 0 Å². The number of ether oxygens (including phenoxy) is 1. The summed E-state index contributed by atoms with van der Waals surface area (Å²) in [6, 6.07) is 9.25. The van der Waals surface area contributed by atoms with Crippen LogP contribution in [0.15, 0.2) is 36.7 Å². The van der Waals surface area contributed by atoms with Crippen LogP contribution in [-0.4, -0.2) is 27.2 Å². The zero-order valence-corrected chi connectivity index (χ0v) is 9.54. The first-order valence-electron chi connectivity index (χ1n) is 5.28. The molecule has 2 aromatic rings. The average molecular weight is 231 g/mol. The summed E-state index contributed by atoms with van der Waals surface area (Å²) in [5, 5.41) is 3.90. The van der Waals surface area contributed by atoms with Crippen molar-refractivity contribution in [2.45, 2.75) is 6.42 Å². The van der Waals surface area contributed by atoms with Crippen molar-refractivity contribution < 1.29 is 9.53 Å². The smallest absolute Gasteiger partial charge is 0.177 e. The molecule has 1 aromatic carbocycles. The maximum Gasteiger partial charge on any atom is 0.177 e. The maximum absolute atomic E-state index is 11.6. The number of hydrogen-bond donors (Lipinski definition) is 0. The van der Waals surface area contributed by atoms with Crippen molar-refractivity contribution in [2.24, 2.45) is 7.05 Å². The van der Waals surface area contributed by atoms with Crippen molar-refractivity contribution in [3.8, 4) is 5.75 Å².